The molecule has 1 nitrogen and oxygen atoms in total. The summed E-state index contributed by atoms with van der Waals surface area (Å²) in [6.07, 6.45) is 0.952. The SMILES string of the molecule is CNC(Cc1cc(C)ccc1C)c1ccccc1Cl. The molecule has 2 rings (SSSR count). The van der Waals surface area contributed by atoms with Gasteiger partial charge in [0, 0.05) is 11.1 Å². The van der Waals surface area contributed by atoms with Gasteiger partial charge in [-0.25, -0.2) is 0 Å². The lowest BCUT2D eigenvalue weighted by atomic mass is 9.95. The third-order valence-electron chi connectivity index (χ3n) is 3.56. The summed E-state index contributed by atoms with van der Waals surface area (Å²) < 4.78 is 0. The minimum Gasteiger partial charge on any atom is -0.313 e. The first kappa shape index (κ1) is 14.1. The van der Waals surface area contributed by atoms with Gasteiger partial charge in [-0.05, 0) is 50.1 Å². The number of halogens is 1. The molecule has 2 aromatic carbocycles. The monoisotopic (exact) mass is 273 g/mol. The van der Waals surface area contributed by atoms with Crippen LogP contribution in [0.15, 0.2) is 42.5 Å². The van der Waals surface area contributed by atoms with E-state index in [1.54, 1.807) is 0 Å². The van der Waals surface area contributed by atoms with E-state index in [0.29, 0.717) is 0 Å². The lowest BCUT2D eigenvalue weighted by Gasteiger charge is -2.19. The molecule has 0 fully saturated rings. The van der Waals surface area contributed by atoms with Crippen molar-refractivity contribution in [3.05, 3.63) is 69.7 Å². The highest BCUT2D eigenvalue weighted by Crippen LogP contribution is 2.26. The Morgan fingerprint density at radius 3 is 2.53 bits per heavy atom. The molecule has 0 amide bonds. The van der Waals surface area contributed by atoms with Crippen molar-refractivity contribution in [3.63, 3.8) is 0 Å². The molecule has 0 radical (unpaired) electrons. The largest absolute Gasteiger partial charge is 0.313 e. The highest BCUT2D eigenvalue weighted by molar-refractivity contribution is 6.31. The Labute approximate surface area is 120 Å². The summed E-state index contributed by atoms with van der Waals surface area (Å²) in [6.45, 7) is 4.29. The summed E-state index contributed by atoms with van der Waals surface area (Å²) in [7, 11) is 1.99. The molecule has 0 spiro atoms. The molecule has 0 aliphatic rings. The third-order valence-corrected chi connectivity index (χ3v) is 3.90. The maximum Gasteiger partial charge on any atom is 0.0453 e. The Bertz CT molecular complexity index is 563. The van der Waals surface area contributed by atoms with Crippen molar-refractivity contribution in [2.75, 3.05) is 7.05 Å². The van der Waals surface area contributed by atoms with Gasteiger partial charge in [-0.1, -0.05) is 53.6 Å². The topological polar surface area (TPSA) is 12.0 Å². The third kappa shape index (κ3) is 3.37. The molecule has 0 aromatic heterocycles. The zero-order chi connectivity index (χ0) is 13.8. The molecule has 0 aliphatic heterocycles. The van der Waals surface area contributed by atoms with Gasteiger partial charge in [0.25, 0.3) is 0 Å². The molecule has 1 N–H and O–H groups in total. The van der Waals surface area contributed by atoms with Gasteiger partial charge in [-0.3, -0.25) is 0 Å². The molecule has 0 bridgehead atoms. The molecule has 1 atom stereocenters. The Morgan fingerprint density at radius 2 is 1.84 bits per heavy atom. The first-order valence-corrected chi connectivity index (χ1v) is 6.97. The quantitative estimate of drug-likeness (QED) is 0.867. The van der Waals surface area contributed by atoms with Crippen molar-refractivity contribution in [2.24, 2.45) is 0 Å². The van der Waals surface area contributed by atoms with E-state index >= 15 is 0 Å². The molecule has 2 aromatic rings. The van der Waals surface area contributed by atoms with Gasteiger partial charge in [0.05, 0.1) is 0 Å². The second-order valence-electron chi connectivity index (χ2n) is 5.00. The highest BCUT2D eigenvalue weighted by Gasteiger charge is 2.14. The fourth-order valence-corrected chi connectivity index (χ4v) is 2.63. The van der Waals surface area contributed by atoms with Crippen LogP contribution >= 0.6 is 11.6 Å². The smallest absolute Gasteiger partial charge is 0.0453 e. The van der Waals surface area contributed by atoms with Crippen LogP contribution in [0.25, 0.3) is 0 Å². The molecular formula is C17H20ClN. The average molecular weight is 274 g/mol. The maximum absolute atomic E-state index is 6.30. The summed E-state index contributed by atoms with van der Waals surface area (Å²) in [5, 5.41) is 4.20. The normalized spacial score (nSPS) is 12.4. The van der Waals surface area contributed by atoms with Crippen LogP contribution in [0.2, 0.25) is 5.02 Å². The van der Waals surface area contributed by atoms with Gasteiger partial charge >= 0.3 is 0 Å². The van der Waals surface area contributed by atoms with E-state index in [2.05, 4.69) is 43.4 Å². The lowest BCUT2D eigenvalue weighted by molar-refractivity contribution is 0.590. The van der Waals surface area contributed by atoms with E-state index in [4.69, 9.17) is 11.6 Å². The number of nitrogens with one attached hydrogen (secondary N) is 1. The molecule has 0 saturated carbocycles. The first-order valence-electron chi connectivity index (χ1n) is 6.59. The van der Waals surface area contributed by atoms with Crippen LogP contribution in [0, 0.1) is 13.8 Å². The average Bonchev–Trinajstić information content (AvgIpc) is 2.41. The van der Waals surface area contributed by atoms with Gasteiger partial charge in [-0.15, -0.1) is 0 Å². The van der Waals surface area contributed by atoms with Gasteiger partial charge in [0.2, 0.25) is 0 Å². The van der Waals surface area contributed by atoms with E-state index in [-0.39, 0.29) is 6.04 Å². The standard InChI is InChI=1S/C17H20ClN/c1-12-8-9-13(2)14(10-12)11-17(19-3)15-6-4-5-7-16(15)18/h4-10,17,19H,11H2,1-3H3. The zero-order valence-electron chi connectivity index (χ0n) is 11.7. The van der Waals surface area contributed by atoms with Crippen LogP contribution in [0.4, 0.5) is 0 Å². The highest BCUT2D eigenvalue weighted by atomic mass is 35.5. The fraction of sp³-hybridized carbons (Fsp3) is 0.294. The van der Waals surface area contributed by atoms with Gasteiger partial charge in [0.1, 0.15) is 0 Å². The van der Waals surface area contributed by atoms with Crippen LogP contribution in [0.1, 0.15) is 28.3 Å². The van der Waals surface area contributed by atoms with E-state index in [9.17, 15) is 0 Å². The molecule has 1 unspecified atom stereocenters. The van der Waals surface area contributed by atoms with Crippen molar-refractivity contribution in [1.29, 1.82) is 0 Å². The van der Waals surface area contributed by atoms with Gasteiger partial charge < -0.3 is 5.32 Å². The van der Waals surface area contributed by atoms with Crippen LogP contribution < -0.4 is 5.32 Å². The predicted molar refractivity (Wildman–Crippen MR) is 82.9 cm³/mol. The number of rotatable bonds is 4. The van der Waals surface area contributed by atoms with Crippen LogP contribution in [-0.2, 0) is 6.42 Å². The van der Waals surface area contributed by atoms with Crippen LogP contribution in [0.5, 0.6) is 0 Å². The Balaban J connectivity index is 2.29. The Kier molecular flexibility index (Phi) is 4.62. The molecule has 19 heavy (non-hydrogen) atoms. The molecular weight excluding hydrogens is 254 g/mol. The predicted octanol–water partition coefficient (Wildman–Crippen LogP) is 4.46. The number of aryl methyl sites for hydroxylation is 2. The van der Waals surface area contributed by atoms with E-state index in [0.717, 1.165) is 17.0 Å². The van der Waals surface area contributed by atoms with E-state index < -0.39 is 0 Å². The number of hydrogen-bond donors (Lipinski definition) is 1. The number of hydrogen-bond acceptors (Lipinski definition) is 1. The molecule has 0 heterocycles. The van der Waals surface area contributed by atoms with Crippen molar-refractivity contribution in [2.45, 2.75) is 26.3 Å². The summed E-state index contributed by atoms with van der Waals surface area (Å²) in [4.78, 5) is 0. The van der Waals surface area contributed by atoms with Crippen molar-refractivity contribution < 1.29 is 0 Å². The van der Waals surface area contributed by atoms with Crippen LogP contribution in [0.3, 0.4) is 0 Å². The lowest BCUT2D eigenvalue weighted by Crippen LogP contribution is -2.19. The summed E-state index contributed by atoms with van der Waals surface area (Å²) >= 11 is 6.30. The second kappa shape index (κ2) is 6.23. The molecule has 2 heteroatoms. The minimum atomic E-state index is 0.245. The van der Waals surface area contributed by atoms with E-state index in [1.165, 1.54) is 16.7 Å². The number of benzene rings is 2. The number of likely N-dealkylation sites (N-methyl/N-ethyl adjacent to an activating group) is 1. The molecule has 0 aliphatic carbocycles. The van der Waals surface area contributed by atoms with Crippen molar-refractivity contribution in [1.82, 2.24) is 5.32 Å². The summed E-state index contributed by atoms with van der Waals surface area (Å²) in [5.41, 5.74) is 5.17. The maximum atomic E-state index is 6.30. The minimum absolute atomic E-state index is 0.245. The zero-order valence-corrected chi connectivity index (χ0v) is 12.5. The van der Waals surface area contributed by atoms with Crippen molar-refractivity contribution in [3.8, 4) is 0 Å². The van der Waals surface area contributed by atoms with Gasteiger partial charge in [0.15, 0.2) is 0 Å². The Morgan fingerprint density at radius 1 is 1.11 bits per heavy atom. The van der Waals surface area contributed by atoms with Gasteiger partial charge in [-0.2, -0.15) is 0 Å². The molecule has 100 valence electrons. The summed E-state index contributed by atoms with van der Waals surface area (Å²) in [6, 6.07) is 14.9. The Hall–Kier alpha value is -1.31. The molecule has 0 saturated heterocycles. The fourth-order valence-electron chi connectivity index (χ4n) is 2.37. The van der Waals surface area contributed by atoms with Crippen LogP contribution in [-0.4, -0.2) is 7.05 Å². The van der Waals surface area contributed by atoms with Crippen molar-refractivity contribution >= 4 is 11.6 Å². The van der Waals surface area contributed by atoms with E-state index in [1.807, 2.05) is 25.2 Å². The summed E-state index contributed by atoms with van der Waals surface area (Å²) in [5.74, 6) is 0. The second-order valence-corrected chi connectivity index (χ2v) is 5.40. The first-order chi connectivity index (χ1) is 9.11.